The molecule has 1 aliphatic rings. The molecule has 0 aliphatic carbocycles. The molecular weight excluding hydrogens is 444 g/mol. The monoisotopic (exact) mass is 470 g/mol. The minimum atomic E-state index is -0.401. The van der Waals surface area contributed by atoms with E-state index in [2.05, 4.69) is 15.4 Å². The molecule has 0 spiro atoms. The van der Waals surface area contributed by atoms with Gasteiger partial charge < -0.3 is 10.2 Å². The molecule has 0 radical (unpaired) electrons. The number of nitrogens with one attached hydrogen (secondary N) is 1. The van der Waals surface area contributed by atoms with Gasteiger partial charge in [-0.25, -0.2) is 9.67 Å². The minimum Gasteiger partial charge on any atom is -0.354 e. The molecule has 1 unspecified atom stereocenters. The van der Waals surface area contributed by atoms with Crippen LogP contribution in [0.5, 0.6) is 0 Å². The molecule has 1 fully saturated rings. The molecule has 35 heavy (non-hydrogen) atoms. The van der Waals surface area contributed by atoms with E-state index < -0.39 is 5.92 Å². The van der Waals surface area contributed by atoms with Gasteiger partial charge in [-0.15, -0.1) is 0 Å². The number of carbonyl (C=O) groups excluding carboxylic acids is 2. The summed E-state index contributed by atoms with van der Waals surface area (Å²) in [6, 6.07) is 17.4. The summed E-state index contributed by atoms with van der Waals surface area (Å²) < 4.78 is 3.17. The highest BCUT2D eigenvalue weighted by molar-refractivity contribution is 6.00. The molecular formula is C26H26N6O3. The van der Waals surface area contributed by atoms with Gasteiger partial charge in [0.1, 0.15) is 11.7 Å². The highest BCUT2D eigenvalue weighted by Gasteiger charge is 2.34. The van der Waals surface area contributed by atoms with Gasteiger partial charge in [0.25, 0.3) is 5.56 Å². The van der Waals surface area contributed by atoms with Crippen molar-refractivity contribution in [1.29, 1.82) is 0 Å². The highest BCUT2D eigenvalue weighted by atomic mass is 16.2. The van der Waals surface area contributed by atoms with Crippen LogP contribution in [0.4, 0.5) is 5.69 Å². The van der Waals surface area contributed by atoms with Crippen molar-refractivity contribution in [3.8, 4) is 0 Å². The van der Waals surface area contributed by atoms with E-state index in [9.17, 15) is 14.4 Å². The SMILES string of the molecule is Cc1ccc(N2CC(C(=O)NCCn3ncc4c(=O)n(Cc5ccccc5)cnc43)CC2=O)cc1. The third kappa shape index (κ3) is 4.70. The average molecular weight is 471 g/mol. The molecule has 1 N–H and O–H groups in total. The Morgan fingerprint density at radius 1 is 1.09 bits per heavy atom. The van der Waals surface area contributed by atoms with Crippen LogP contribution in [0.2, 0.25) is 0 Å². The predicted octanol–water partition coefficient (Wildman–Crippen LogP) is 2.12. The number of aromatic nitrogens is 4. The second-order valence-corrected chi connectivity index (χ2v) is 8.80. The summed E-state index contributed by atoms with van der Waals surface area (Å²) in [5, 5.41) is 7.63. The van der Waals surface area contributed by atoms with Gasteiger partial charge in [0, 0.05) is 25.2 Å². The number of nitrogens with zero attached hydrogens (tertiary/aromatic N) is 5. The van der Waals surface area contributed by atoms with Gasteiger partial charge in [-0.2, -0.15) is 5.10 Å². The number of hydrogen-bond acceptors (Lipinski definition) is 5. The summed E-state index contributed by atoms with van der Waals surface area (Å²) in [7, 11) is 0. The second kappa shape index (κ2) is 9.54. The first-order valence-corrected chi connectivity index (χ1v) is 11.6. The number of amides is 2. The van der Waals surface area contributed by atoms with Crippen molar-refractivity contribution in [2.24, 2.45) is 5.92 Å². The lowest BCUT2D eigenvalue weighted by Crippen LogP contribution is -2.35. The fraction of sp³-hybridized carbons (Fsp3) is 0.269. The molecule has 1 saturated heterocycles. The number of rotatable bonds is 7. The molecule has 2 aromatic heterocycles. The summed E-state index contributed by atoms with van der Waals surface area (Å²) in [4.78, 5) is 44.1. The van der Waals surface area contributed by atoms with Crippen molar-refractivity contribution in [1.82, 2.24) is 24.6 Å². The summed E-state index contributed by atoms with van der Waals surface area (Å²) in [6.07, 6.45) is 3.23. The van der Waals surface area contributed by atoms with Gasteiger partial charge in [-0.05, 0) is 24.6 Å². The van der Waals surface area contributed by atoms with Crippen LogP contribution in [0, 0.1) is 12.8 Å². The molecule has 0 bridgehead atoms. The predicted molar refractivity (Wildman–Crippen MR) is 132 cm³/mol. The van der Waals surface area contributed by atoms with Gasteiger partial charge >= 0.3 is 0 Å². The van der Waals surface area contributed by atoms with E-state index in [0.717, 1.165) is 16.8 Å². The Labute approximate surface area is 202 Å². The maximum atomic E-state index is 12.9. The van der Waals surface area contributed by atoms with E-state index in [1.165, 1.54) is 12.5 Å². The molecule has 1 aliphatic heterocycles. The van der Waals surface area contributed by atoms with E-state index in [0.29, 0.717) is 37.2 Å². The Morgan fingerprint density at radius 3 is 2.63 bits per heavy atom. The lowest BCUT2D eigenvalue weighted by atomic mass is 10.1. The number of benzene rings is 2. The standard InChI is InChI=1S/C26H26N6O3/c1-18-7-9-21(10-8-18)31-16-20(13-23(31)33)25(34)27-11-12-32-24-22(14-29-32)26(35)30(17-28-24)15-19-5-3-2-4-6-19/h2-10,14,17,20H,11-13,15-16H2,1H3,(H,27,34). The first kappa shape index (κ1) is 22.5. The Morgan fingerprint density at radius 2 is 1.86 bits per heavy atom. The fourth-order valence-corrected chi connectivity index (χ4v) is 4.34. The zero-order chi connectivity index (χ0) is 24.4. The topological polar surface area (TPSA) is 102 Å². The number of fused-ring (bicyclic) bond motifs is 1. The molecule has 5 rings (SSSR count). The minimum absolute atomic E-state index is 0.0527. The lowest BCUT2D eigenvalue weighted by Gasteiger charge is -2.17. The van der Waals surface area contributed by atoms with Gasteiger partial charge in [0.2, 0.25) is 11.8 Å². The number of hydrogen-bond donors (Lipinski definition) is 1. The molecule has 4 aromatic rings. The summed E-state index contributed by atoms with van der Waals surface area (Å²) >= 11 is 0. The molecule has 3 heterocycles. The Hall–Kier alpha value is -4.27. The van der Waals surface area contributed by atoms with E-state index in [-0.39, 0.29) is 23.8 Å². The lowest BCUT2D eigenvalue weighted by molar-refractivity contribution is -0.126. The van der Waals surface area contributed by atoms with E-state index in [1.807, 2.05) is 61.5 Å². The van der Waals surface area contributed by atoms with Gasteiger partial charge in [0.15, 0.2) is 5.65 Å². The Kier molecular flexibility index (Phi) is 6.13. The van der Waals surface area contributed by atoms with Crippen LogP contribution >= 0.6 is 0 Å². The molecule has 178 valence electrons. The van der Waals surface area contributed by atoms with E-state index in [1.54, 1.807) is 14.1 Å². The van der Waals surface area contributed by atoms with E-state index in [4.69, 9.17) is 0 Å². The van der Waals surface area contributed by atoms with Gasteiger partial charge in [0.05, 0.1) is 25.2 Å². The Balaban J connectivity index is 1.19. The summed E-state index contributed by atoms with van der Waals surface area (Å²) in [5.74, 6) is -0.618. The molecule has 2 amide bonds. The van der Waals surface area contributed by atoms with Gasteiger partial charge in [-0.1, -0.05) is 48.0 Å². The molecule has 9 nitrogen and oxygen atoms in total. The van der Waals surface area contributed by atoms with Crippen molar-refractivity contribution < 1.29 is 9.59 Å². The van der Waals surface area contributed by atoms with Crippen molar-refractivity contribution in [3.05, 3.63) is 88.6 Å². The Bertz CT molecular complexity index is 1430. The van der Waals surface area contributed by atoms with Crippen LogP contribution in [-0.4, -0.2) is 44.2 Å². The third-order valence-electron chi connectivity index (χ3n) is 6.28. The summed E-state index contributed by atoms with van der Waals surface area (Å²) in [5.41, 5.74) is 3.26. The van der Waals surface area contributed by atoms with Crippen LogP contribution in [0.1, 0.15) is 17.5 Å². The van der Waals surface area contributed by atoms with Crippen LogP contribution in [-0.2, 0) is 22.7 Å². The second-order valence-electron chi connectivity index (χ2n) is 8.80. The van der Waals surface area contributed by atoms with Crippen LogP contribution < -0.4 is 15.8 Å². The van der Waals surface area contributed by atoms with Crippen molar-refractivity contribution in [2.45, 2.75) is 26.4 Å². The largest absolute Gasteiger partial charge is 0.354 e. The third-order valence-corrected chi connectivity index (χ3v) is 6.28. The zero-order valence-corrected chi connectivity index (χ0v) is 19.4. The number of carbonyl (C=O) groups is 2. The van der Waals surface area contributed by atoms with Crippen molar-refractivity contribution >= 4 is 28.5 Å². The fourth-order valence-electron chi connectivity index (χ4n) is 4.34. The highest BCUT2D eigenvalue weighted by Crippen LogP contribution is 2.25. The first-order valence-electron chi connectivity index (χ1n) is 11.6. The summed E-state index contributed by atoms with van der Waals surface area (Å²) in [6.45, 7) is 3.47. The molecule has 2 aromatic carbocycles. The van der Waals surface area contributed by atoms with Crippen LogP contribution in [0.3, 0.4) is 0 Å². The maximum Gasteiger partial charge on any atom is 0.264 e. The van der Waals surface area contributed by atoms with Crippen molar-refractivity contribution in [2.75, 3.05) is 18.0 Å². The maximum absolute atomic E-state index is 12.9. The van der Waals surface area contributed by atoms with Crippen molar-refractivity contribution in [3.63, 3.8) is 0 Å². The smallest absolute Gasteiger partial charge is 0.264 e. The van der Waals surface area contributed by atoms with E-state index >= 15 is 0 Å². The first-order chi connectivity index (χ1) is 17.0. The van der Waals surface area contributed by atoms with Crippen LogP contribution in [0.15, 0.2) is 71.9 Å². The molecule has 0 saturated carbocycles. The average Bonchev–Trinajstić information content (AvgIpc) is 3.46. The number of aryl methyl sites for hydroxylation is 1. The van der Waals surface area contributed by atoms with Gasteiger partial charge in [-0.3, -0.25) is 19.0 Å². The number of anilines is 1. The quantitative estimate of drug-likeness (QED) is 0.446. The normalized spacial score (nSPS) is 15.6. The molecule has 1 atom stereocenters. The molecule has 9 heteroatoms. The zero-order valence-electron chi connectivity index (χ0n) is 19.4. The van der Waals surface area contributed by atoms with Crippen LogP contribution in [0.25, 0.3) is 11.0 Å².